The number of hydrogen-bond donors (Lipinski definition) is 30. The van der Waals surface area contributed by atoms with Crippen LogP contribution in [0.15, 0.2) is 152 Å². The molecular formula is C90H74I3O36V. The Labute approximate surface area is 768 Å². The fraction of sp³-hybridized carbons (Fsp3) is 0.200. The van der Waals surface area contributed by atoms with Gasteiger partial charge in [-0.2, -0.15) is 0 Å². The zero-order valence-electron chi connectivity index (χ0n) is 65.9. The van der Waals surface area contributed by atoms with Crippen LogP contribution < -0.4 is 28.4 Å². The molecule has 30 N–H and O–H groups in total. The number of aliphatic hydroxyl groups is 6. The molecule has 0 radical (unpaired) electrons. The predicted octanol–water partition coefficient (Wildman–Crippen LogP) is 11.4. The Hall–Kier alpha value is -12.8. The van der Waals surface area contributed by atoms with E-state index in [9.17, 15) is 153 Å². The number of aromatic hydroxyl groups is 24. The molecule has 130 heavy (non-hydrogen) atoms. The predicted molar refractivity (Wildman–Crippen MR) is 468 cm³/mol. The van der Waals surface area contributed by atoms with E-state index >= 15 is 0 Å². The van der Waals surface area contributed by atoms with Crippen LogP contribution >= 0.6 is 59.9 Å². The Morgan fingerprint density at radius 1 is 0.208 bits per heavy atom. The van der Waals surface area contributed by atoms with Gasteiger partial charge in [-0.3, -0.25) is 0 Å². The minimum atomic E-state index is -2.44. The van der Waals surface area contributed by atoms with Gasteiger partial charge in [0.2, 0.25) is 0 Å². The van der Waals surface area contributed by atoms with Gasteiger partial charge < -0.3 is 182 Å². The average Bonchev–Trinajstić information content (AvgIpc) is 0.698. The van der Waals surface area contributed by atoms with Gasteiger partial charge in [0, 0.05) is 110 Å². The summed E-state index contributed by atoms with van der Waals surface area (Å²) in [7, 11) is 0. The van der Waals surface area contributed by atoms with Crippen molar-refractivity contribution in [2.75, 3.05) is 0 Å². The van der Waals surface area contributed by atoms with Crippen LogP contribution in [-0.4, -0.2) is 190 Å². The fourth-order valence-corrected chi connectivity index (χ4v) is 18.6. The first kappa shape index (κ1) is 89.2. The molecule has 36 nitrogen and oxygen atoms in total. The third-order valence-corrected chi connectivity index (χ3v) is 24.3. The number of hydrogen-bond acceptors (Lipinski definition) is 36. The maximum absolute atomic E-state index is 13.7. The molecule has 6 aliphatic heterocycles. The van der Waals surface area contributed by atoms with Crippen molar-refractivity contribution in [1.29, 1.82) is 0 Å². The van der Waals surface area contributed by atoms with E-state index in [2.05, 4.69) is 59.9 Å². The molecule has 676 valence electrons. The minimum absolute atomic E-state index is 0.00514. The number of rotatable bonds is 11. The quantitative estimate of drug-likeness (QED) is 0.0422. The molecule has 6 aliphatic rings. The second kappa shape index (κ2) is 33.6. The molecule has 0 aromatic heterocycles. The van der Waals surface area contributed by atoms with Crippen molar-refractivity contribution in [3.8, 4) is 172 Å². The second-order valence-corrected chi connectivity index (χ2v) is 67.2. The Kier molecular flexibility index (Phi) is 23.0. The molecule has 17 atom stereocenters. The zero-order chi connectivity index (χ0) is 93.2. The first-order valence-electron chi connectivity index (χ1n) is 39.1. The molecule has 40 heteroatoms. The van der Waals surface area contributed by atoms with E-state index in [1.807, 2.05) is 0 Å². The molecule has 0 amide bonds. The van der Waals surface area contributed by atoms with E-state index in [4.69, 9.17) is 28.4 Å². The topological polar surface area (TPSA) is 662 Å². The molecule has 0 spiro atoms. The van der Waals surface area contributed by atoms with Crippen LogP contribution in [0, 0.1) is 0 Å². The maximum atomic E-state index is 13.7. The van der Waals surface area contributed by atoms with E-state index in [1.54, 1.807) is 0 Å². The summed E-state index contributed by atoms with van der Waals surface area (Å²) in [6.07, 6.45) is -25.3. The fourth-order valence-electron chi connectivity index (χ4n) is 18.6. The molecule has 0 fully saturated rings. The number of aliphatic hydroxyl groups excluding tert-OH is 6. The summed E-state index contributed by atoms with van der Waals surface area (Å²) in [6, 6.07) is 23.6. The molecule has 0 bridgehead atoms. The summed E-state index contributed by atoms with van der Waals surface area (Å²) < 4.78 is 39.9. The first-order chi connectivity index (χ1) is 61.6. The zero-order valence-corrected chi connectivity index (χ0v) is 73.8. The Morgan fingerprint density at radius 3 is 0.654 bits per heavy atom. The SMILES string of the molecule is Oc1cc(O)c2c(c1)O[C@H](c1ccc(O)c(O)c1)[C@H](O)[C@H]2c1c(O)cc(O)c2c1O[C@H](c1ccc(O)c(O)c1)[C@H](O)[C@H]2c1c(O)cc(O)c2c1O[C@H](c1ccc(O)c(O)c1)[C@H](O)[C@H]2c1c(O)cc(O)c2c1O[C@H](c1ccc(O)c(O)c1)[C@H](O)[C@H]2c1c(O)cc(O)c2c1O[C@H](c1ccc(O)c(O)c1)[C@H](O)[C@H]2c1c(O)cc(O)c2c1O[C@H](c1ccc(O)c(O)c1)[C@H](O)C2.[I][V]([I])[I]. The van der Waals surface area contributed by atoms with Crippen LogP contribution in [0.5, 0.6) is 172 Å². The number of fused-ring (bicyclic) bond motifs is 6. The van der Waals surface area contributed by atoms with Crippen LogP contribution in [0.25, 0.3) is 0 Å². The van der Waals surface area contributed by atoms with E-state index in [0.717, 1.165) is 115 Å². The van der Waals surface area contributed by atoms with Crippen LogP contribution in [0.3, 0.4) is 0 Å². The molecular weight excluding hydrogens is 2090 g/mol. The van der Waals surface area contributed by atoms with Crippen molar-refractivity contribution in [3.63, 3.8) is 0 Å². The number of phenols is 24. The van der Waals surface area contributed by atoms with Crippen molar-refractivity contribution < 1.29 is 187 Å². The average molecular weight is 2160 g/mol. The molecule has 0 saturated heterocycles. The summed E-state index contributed by atoms with van der Waals surface area (Å²) in [6.45, 7) is 0. The van der Waals surface area contributed by atoms with Gasteiger partial charge in [-0.05, 0) is 106 Å². The summed E-state index contributed by atoms with van der Waals surface area (Å²) in [5.41, 5.74) is -8.39. The van der Waals surface area contributed by atoms with E-state index in [1.165, 1.54) is 12.1 Å². The third-order valence-electron chi connectivity index (χ3n) is 24.3. The Morgan fingerprint density at radius 2 is 0.408 bits per heavy atom. The molecule has 0 aliphatic carbocycles. The van der Waals surface area contributed by atoms with E-state index < -0.39 is 337 Å². The van der Waals surface area contributed by atoms with Crippen molar-refractivity contribution in [2.45, 2.75) is 109 Å². The summed E-state index contributed by atoms with van der Waals surface area (Å²) in [4.78, 5) is -0.278. The van der Waals surface area contributed by atoms with Crippen molar-refractivity contribution >= 4 is 59.9 Å². The Balaban J connectivity index is 0.00000290. The number of halogens is 3. The molecule has 6 heterocycles. The molecule has 12 aromatic carbocycles. The van der Waals surface area contributed by atoms with Crippen LogP contribution in [0.1, 0.15) is 161 Å². The molecule has 0 saturated carbocycles. The number of benzene rings is 12. The molecule has 12 aromatic rings. The van der Waals surface area contributed by atoms with Crippen molar-refractivity contribution in [1.82, 2.24) is 0 Å². The van der Waals surface area contributed by atoms with Gasteiger partial charge in [0.05, 0.1) is 35.7 Å². The summed E-state index contributed by atoms with van der Waals surface area (Å²) >= 11 is 7.39. The summed E-state index contributed by atoms with van der Waals surface area (Å²) in [5.74, 6) is -35.9. The van der Waals surface area contributed by atoms with Crippen LogP contribution in [-0.2, 0) is 11.3 Å². The van der Waals surface area contributed by atoms with Gasteiger partial charge in [0.25, 0.3) is 0 Å². The second-order valence-electron chi connectivity index (χ2n) is 31.8. The van der Waals surface area contributed by atoms with Crippen molar-refractivity contribution in [2.24, 2.45) is 0 Å². The van der Waals surface area contributed by atoms with Gasteiger partial charge >= 0.3 is 64.9 Å². The van der Waals surface area contributed by atoms with Crippen molar-refractivity contribution in [3.05, 3.63) is 246 Å². The third kappa shape index (κ3) is 14.9. The number of ether oxygens (including phenoxy) is 6. The van der Waals surface area contributed by atoms with E-state index in [0.29, 0.717) is 24.3 Å². The molecule has 0 unspecified atom stereocenters. The van der Waals surface area contributed by atoms with Gasteiger partial charge in [0.1, 0.15) is 140 Å². The Bertz CT molecular complexity index is 6630. The van der Waals surface area contributed by atoms with Gasteiger partial charge in [-0.15, -0.1) is 0 Å². The first-order valence-corrected chi connectivity index (χ1v) is 52.6. The molecule has 18 rings (SSSR count). The summed E-state index contributed by atoms with van der Waals surface area (Å²) in [5, 5.41) is 360. The number of phenolic OH excluding ortho intramolecular Hbond substituents is 24. The van der Waals surface area contributed by atoms with E-state index in [-0.39, 0.29) is 43.9 Å². The monoisotopic (exact) mass is 2160 g/mol. The normalized spacial score (nSPS) is 23.9. The van der Waals surface area contributed by atoms with Crippen LogP contribution in [0.2, 0.25) is 0 Å². The van der Waals surface area contributed by atoms with Gasteiger partial charge in [-0.25, -0.2) is 0 Å². The van der Waals surface area contributed by atoms with Crippen LogP contribution in [0.4, 0.5) is 0 Å². The van der Waals surface area contributed by atoms with Gasteiger partial charge in [0.15, 0.2) is 99.5 Å². The standard InChI is InChI=1S/C90H74O36.3HI.V/c91-33-19-48(105)60-59(20-33)121-81(28-2-8-36(93)43(100)14-28)75(116)70(60)62-50(107)23-52(109)64-72(77(118)83(123-87(62)64)30-4-10-38(95)45(102)16-30)66-54(111)25-56(113)68-74(79(120)85(125-89(66)68)32-6-12-40(97)47(104)18-32)69-57(114)26-55(112)67-73(78(119)84(126-90(67)69)31-5-11-39(96)46(103)17-31)65-53(110)24-51(108)63-71(76(117)82(124-88(63)65)29-3-9-37(94)44(101)15-29)61-49(106)22-41(98)34-21-58(115)80(122-86(34)61)27-1-7-35(92)42(99)13-27;;;;/h1-20,22-26,58,70-85,91-120H,21H2;3*1H;/q;;;;+3/p-3/t58-,70-,71+,72-,73+,74-,75-,76-,77-,78-,79-,80-,81-,82-,83-,84-,85-;;;;/m1..../s1. The van der Waals surface area contributed by atoms with Gasteiger partial charge in [-0.1, -0.05) is 36.4 Å².